The molecule has 2 N–H and O–H groups in total. The monoisotopic (exact) mass is 295 g/mol. The highest BCUT2D eigenvalue weighted by Gasteiger charge is 2.24. The summed E-state index contributed by atoms with van der Waals surface area (Å²) in [6.07, 6.45) is 0.702. The molecule has 1 unspecified atom stereocenters. The predicted octanol–water partition coefficient (Wildman–Crippen LogP) is 1.76. The summed E-state index contributed by atoms with van der Waals surface area (Å²) in [5.41, 5.74) is 0.681. The lowest BCUT2D eigenvalue weighted by Gasteiger charge is -2.20. The van der Waals surface area contributed by atoms with Crippen molar-refractivity contribution in [3.05, 3.63) is 22.2 Å². The lowest BCUT2D eigenvalue weighted by Crippen LogP contribution is -2.26. The maximum Gasteiger partial charge on any atom is 0.296 e. The van der Waals surface area contributed by atoms with Crippen LogP contribution in [0.1, 0.15) is 13.3 Å². The van der Waals surface area contributed by atoms with Crippen LogP contribution in [0.5, 0.6) is 5.75 Å². The number of carbonyl (C=O) groups excluding carboxylic acids is 1. The van der Waals surface area contributed by atoms with Crippen LogP contribution >= 0.6 is 0 Å². The number of ether oxygens (including phenoxy) is 2. The van der Waals surface area contributed by atoms with Crippen LogP contribution in [0.3, 0.4) is 0 Å². The fourth-order valence-corrected chi connectivity index (χ4v) is 2.01. The molecule has 0 saturated carbocycles. The van der Waals surface area contributed by atoms with Crippen molar-refractivity contribution in [3.8, 4) is 5.75 Å². The molecule has 2 rings (SSSR count). The average Bonchev–Trinajstić information content (AvgIpc) is 2.44. The highest BCUT2D eigenvalue weighted by Crippen LogP contribution is 2.38. The van der Waals surface area contributed by atoms with Crippen molar-refractivity contribution in [1.29, 1.82) is 0 Å². The van der Waals surface area contributed by atoms with Gasteiger partial charge in [-0.25, -0.2) is 0 Å². The molecule has 8 heteroatoms. The number of carbonyl (C=O) groups is 1. The SMILES string of the molecule is COCCC(C)Nc1cc2c(cc1[N+](=O)[O-])OCC(=O)N2. The molecule has 0 aliphatic carbocycles. The molecular weight excluding hydrogens is 278 g/mol. The number of anilines is 2. The Hall–Kier alpha value is -2.35. The van der Waals surface area contributed by atoms with Crippen molar-refractivity contribution in [2.75, 3.05) is 31.0 Å². The Morgan fingerprint density at radius 2 is 2.33 bits per heavy atom. The van der Waals surface area contributed by atoms with E-state index in [0.29, 0.717) is 30.2 Å². The molecule has 8 nitrogen and oxygen atoms in total. The van der Waals surface area contributed by atoms with Crippen LogP contribution in [0.25, 0.3) is 0 Å². The number of benzene rings is 1. The molecule has 1 amide bonds. The molecule has 1 aliphatic rings. The topological polar surface area (TPSA) is 103 Å². The number of nitrogens with one attached hydrogen (secondary N) is 2. The van der Waals surface area contributed by atoms with Crippen LogP contribution in [-0.4, -0.2) is 37.2 Å². The first-order valence-electron chi connectivity index (χ1n) is 6.52. The van der Waals surface area contributed by atoms with Gasteiger partial charge in [0.2, 0.25) is 0 Å². The van der Waals surface area contributed by atoms with E-state index < -0.39 is 4.92 Å². The van der Waals surface area contributed by atoms with Crippen LogP contribution in [0.4, 0.5) is 17.1 Å². The lowest BCUT2D eigenvalue weighted by molar-refractivity contribution is -0.384. The van der Waals surface area contributed by atoms with Crippen molar-refractivity contribution in [1.82, 2.24) is 0 Å². The molecule has 0 bridgehead atoms. The molecule has 1 aromatic rings. The van der Waals surface area contributed by atoms with E-state index in [1.165, 1.54) is 12.1 Å². The van der Waals surface area contributed by atoms with E-state index in [-0.39, 0.29) is 24.2 Å². The van der Waals surface area contributed by atoms with Crippen molar-refractivity contribution in [3.63, 3.8) is 0 Å². The summed E-state index contributed by atoms with van der Waals surface area (Å²) >= 11 is 0. The molecule has 1 aromatic carbocycles. The average molecular weight is 295 g/mol. The molecule has 0 fully saturated rings. The van der Waals surface area contributed by atoms with E-state index in [1.54, 1.807) is 7.11 Å². The van der Waals surface area contributed by atoms with Gasteiger partial charge in [0, 0.05) is 19.8 Å². The summed E-state index contributed by atoms with van der Waals surface area (Å²) in [5.74, 6) is 0.0196. The minimum Gasteiger partial charge on any atom is -0.481 e. The number of hydrogen-bond acceptors (Lipinski definition) is 6. The third-order valence-corrected chi connectivity index (χ3v) is 3.08. The first kappa shape index (κ1) is 15.0. The molecule has 21 heavy (non-hydrogen) atoms. The summed E-state index contributed by atoms with van der Waals surface area (Å²) < 4.78 is 10.2. The highest BCUT2D eigenvalue weighted by atomic mass is 16.6. The molecule has 114 valence electrons. The van der Waals surface area contributed by atoms with Gasteiger partial charge in [-0.05, 0) is 19.4 Å². The van der Waals surface area contributed by atoms with Gasteiger partial charge in [-0.2, -0.15) is 0 Å². The summed E-state index contributed by atoms with van der Waals surface area (Å²) in [5, 5.41) is 16.9. The quantitative estimate of drug-likeness (QED) is 0.612. The van der Waals surface area contributed by atoms with Crippen molar-refractivity contribution in [2.45, 2.75) is 19.4 Å². The molecule has 0 radical (unpaired) electrons. The van der Waals surface area contributed by atoms with Gasteiger partial charge in [0.25, 0.3) is 11.6 Å². The van der Waals surface area contributed by atoms with Crippen LogP contribution in [0.2, 0.25) is 0 Å². The zero-order valence-electron chi connectivity index (χ0n) is 11.8. The lowest BCUT2D eigenvalue weighted by atomic mass is 10.1. The number of fused-ring (bicyclic) bond motifs is 1. The fourth-order valence-electron chi connectivity index (χ4n) is 2.01. The van der Waals surface area contributed by atoms with E-state index in [9.17, 15) is 14.9 Å². The summed E-state index contributed by atoms with van der Waals surface area (Å²) in [6, 6.07) is 2.83. The zero-order chi connectivity index (χ0) is 15.4. The Balaban J connectivity index is 2.27. The first-order chi connectivity index (χ1) is 10.0. The van der Waals surface area contributed by atoms with Gasteiger partial charge in [0.1, 0.15) is 5.69 Å². The Bertz CT molecular complexity index is 561. The molecule has 0 spiro atoms. The normalized spacial score (nSPS) is 14.7. The molecule has 0 saturated heterocycles. The van der Waals surface area contributed by atoms with E-state index >= 15 is 0 Å². The van der Waals surface area contributed by atoms with E-state index in [2.05, 4.69) is 10.6 Å². The maximum atomic E-state index is 11.3. The van der Waals surface area contributed by atoms with Gasteiger partial charge >= 0.3 is 0 Å². The van der Waals surface area contributed by atoms with Crippen molar-refractivity contribution in [2.24, 2.45) is 0 Å². The molecule has 0 aromatic heterocycles. The molecule has 1 aliphatic heterocycles. The number of nitro groups is 1. The first-order valence-corrected chi connectivity index (χ1v) is 6.52. The van der Waals surface area contributed by atoms with Gasteiger partial charge in [-0.3, -0.25) is 14.9 Å². The zero-order valence-corrected chi connectivity index (χ0v) is 11.8. The van der Waals surface area contributed by atoms with Crippen molar-refractivity contribution >= 4 is 23.0 Å². The Morgan fingerprint density at radius 1 is 1.57 bits per heavy atom. The minimum atomic E-state index is -0.481. The standard InChI is InChI=1S/C13H17N3O5/c1-8(3-4-20-2)14-9-5-10-12(6-11(9)16(18)19)21-7-13(17)15-10/h5-6,8,14H,3-4,7H2,1-2H3,(H,15,17). The van der Waals surface area contributed by atoms with E-state index in [0.717, 1.165) is 0 Å². The number of nitro benzene ring substituents is 1. The number of hydrogen-bond donors (Lipinski definition) is 2. The minimum absolute atomic E-state index is 0.0121. The van der Waals surface area contributed by atoms with Gasteiger partial charge in [-0.1, -0.05) is 0 Å². The molecular formula is C13H17N3O5. The number of rotatable bonds is 6. The van der Waals surface area contributed by atoms with E-state index in [4.69, 9.17) is 9.47 Å². The number of methoxy groups -OCH3 is 1. The van der Waals surface area contributed by atoms with Crippen LogP contribution < -0.4 is 15.4 Å². The van der Waals surface area contributed by atoms with Gasteiger partial charge in [0.05, 0.1) is 16.7 Å². The molecule has 1 heterocycles. The third kappa shape index (κ3) is 3.60. The Labute approximate surface area is 121 Å². The van der Waals surface area contributed by atoms with Gasteiger partial charge < -0.3 is 20.1 Å². The van der Waals surface area contributed by atoms with Crippen LogP contribution in [0, 0.1) is 10.1 Å². The van der Waals surface area contributed by atoms with Crippen LogP contribution in [-0.2, 0) is 9.53 Å². The van der Waals surface area contributed by atoms with Gasteiger partial charge in [0.15, 0.2) is 12.4 Å². The second-order valence-electron chi connectivity index (χ2n) is 4.79. The second-order valence-corrected chi connectivity index (χ2v) is 4.79. The number of nitrogens with zero attached hydrogens (tertiary/aromatic N) is 1. The fraction of sp³-hybridized carbons (Fsp3) is 0.462. The maximum absolute atomic E-state index is 11.3. The van der Waals surface area contributed by atoms with Crippen molar-refractivity contribution < 1.29 is 19.2 Å². The summed E-state index contributed by atoms with van der Waals surface area (Å²) in [7, 11) is 1.60. The Kier molecular flexibility index (Phi) is 4.59. The second kappa shape index (κ2) is 6.40. The number of amides is 1. The van der Waals surface area contributed by atoms with Gasteiger partial charge in [-0.15, -0.1) is 0 Å². The Morgan fingerprint density at radius 3 is 3.00 bits per heavy atom. The summed E-state index contributed by atoms with van der Waals surface area (Å²) in [6.45, 7) is 2.31. The van der Waals surface area contributed by atoms with E-state index in [1.807, 2.05) is 6.92 Å². The molecule has 1 atom stereocenters. The highest BCUT2D eigenvalue weighted by molar-refractivity contribution is 5.96. The predicted molar refractivity (Wildman–Crippen MR) is 76.8 cm³/mol. The smallest absolute Gasteiger partial charge is 0.296 e. The summed E-state index contributed by atoms with van der Waals surface area (Å²) in [4.78, 5) is 22.0. The third-order valence-electron chi connectivity index (χ3n) is 3.08. The van der Waals surface area contributed by atoms with Crippen LogP contribution in [0.15, 0.2) is 12.1 Å². The largest absolute Gasteiger partial charge is 0.481 e.